The van der Waals surface area contributed by atoms with Crippen molar-refractivity contribution in [1.29, 1.82) is 0 Å². The molecular weight excluding hydrogens is 260 g/mol. The number of fused-ring (bicyclic) bond motifs is 1. The molecule has 4 nitrogen and oxygen atoms in total. The molecule has 0 bridgehead atoms. The number of carbonyl (C=O) groups excluding carboxylic acids is 2. The van der Waals surface area contributed by atoms with Gasteiger partial charge in [-0.3, -0.25) is 14.6 Å². The third-order valence-electron chi connectivity index (χ3n) is 2.29. The Morgan fingerprint density at radius 3 is 3.07 bits per heavy atom. The summed E-state index contributed by atoms with van der Waals surface area (Å²) in [7, 11) is 0. The fourth-order valence-corrected chi connectivity index (χ4v) is 1.79. The first kappa shape index (κ1) is 10.3. The molecule has 1 amide bonds. The van der Waals surface area contributed by atoms with Crippen molar-refractivity contribution in [2.45, 2.75) is 12.8 Å². The number of anilines is 1. The van der Waals surface area contributed by atoms with E-state index in [9.17, 15) is 9.59 Å². The van der Waals surface area contributed by atoms with Crippen LogP contribution in [-0.2, 0) is 11.2 Å². The number of aromatic nitrogens is 1. The summed E-state index contributed by atoms with van der Waals surface area (Å²) in [5.41, 5.74) is 2.15. The van der Waals surface area contributed by atoms with Crippen molar-refractivity contribution in [3.05, 3.63) is 23.5 Å². The molecule has 1 aliphatic heterocycles. The molecule has 5 heteroatoms. The maximum atomic E-state index is 11.4. The smallest absolute Gasteiger partial charge is 0.224 e. The lowest BCUT2D eigenvalue weighted by atomic mass is 10.0. The van der Waals surface area contributed by atoms with Gasteiger partial charge in [-0.15, -0.1) is 0 Å². The van der Waals surface area contributed by atoms with E-state index in [2.05, 4.69) is 26.2 Å². The van der Waals surface area contributed by atoms with Gasteiger partial charge in [0.25, 0.3) is 0 Å². The summed E-state index contributed by atoms with van der Waals surface area (Å²) in [5.74, 6) is -0.0430. The Balaban J connectivity index is 2.34. The summed E-state index contributed by atoms with van der Waals surface area (Å²) in [5, 5.41) is 2.99. The van der Waals surface area contributed by atoms with Gasteiger partial charge in [-0.25, -0.2) is 0 Å². The Labute approximate surface area is 95.2 Å². The van der Waals surface area contributed by atoms with Gasteiger partial charge in [0.2, 0.25) is 5.91 Å². The summed E-state index contributed by atoms with van der Waals surface area (Å²) in [6, 6.07) is 1.75. The van der Waals surface area contributed by atoms with Gasteiger partial charge in [-0.2, -0.15) is 0 Å². The summed E-state index contributed by atoms with van der Waals surface area (Å²) in [6.07, 6.45) is 2.69. The molecule has 0 aliphatic carbocycles. The van der Waals surface area contributed by atoms with Crippen LogP contribution >= 0.6 is 15.9 Å². The lowest BCUT2D eigenvalue weighted by molar-refractivity contribution is -0.116. The standard InChI is InChI=1S/C10H9BrN2O2/c11-4-9(14)7-3-6-1-2-10(15)13-8(6)5-12-7/h3,5H,1-2,4H2,(H,13,15). The van der Waals surface area contributed by atoms with Crippen LogP contribution in [0.2, 0.25) is 0 Å². The van der Waals surface area contributed by atoms with E-state index in [4.69, 9.17) is 0 Å². The zero-order valence-electron chi connectivity index (χ0n) is 7.92. The normalized spacial score (nSPS) is 14.3. The minimum Gasteiger partial charge on any atom is -0.324 e. The molecule has 1 aromatic heterocycles. The number of nitrogens with one attached hydrogen (secondary N) is 1. The summed E-state index contributed by atoms with van der Waals surface area (Å²) < 4.78 is 0. The number of Topliss-reactive ketones (excluding diaryl/α,β-unsaturated/α-hetero) is 1. The predicted octanol–water partition coefficient (Wildman–Crippen LogP) is 1.54. The van der Waals surface area contributed by atoms with E-state index in [0.29, 0.717) is 18.5 Å². The Kier molecular flexibility index (Phi) is 2.81. The third-order valence-corrected chi connectivity index (χ3v) is 2.80. The molecule has 0 atom stereocenters. The first-order chi connectivity index (χ1) is 7.20. The van der Waals surface area contributed by atoms with E-state index >= 15 is 0 Å². The number of amides is 1. The van der Waals surface area contributed by atoms with Crippen molar-refractivity contribution in [1.82, 2.24) is 4.98 Å². The molecule has 0 saturated heterocycles. The highest BCUT2D eigenvalue weighted by Gasteiger charge is 2.16. The van der Waals surface area contributed by atoms with E-state index < -0.39 is 0 Å². The van der Waals surface area contributed by atoms with Crippen molar-refractivity contribution >= 4 is 33.3 Å². The number of nitrogens with zero attached hydrogens (tertiary/aromatic N) is 1. The topological polar surface area (TPSA) is 59.1 Å². The zero-order chi connectivity index (χ0) is 10.8. The van der Waals surface area contributed by atoms with Gasteiger partial charge in [0.15, 0.2) is 5.78 Å². The second kappa shape index (κ2) is 4.10. The number of alkyl halides is 1. The number of hydrogen-bond donors (Lipinski definition) is 1. The molecule has 1 N–H and O–H groups in total. The molecule has 1 aliphatic rings. The second-order valence-electron chi connectivity index (χ2n) is 3.33. The highest BCUT2D eigenvalue weighted by molar-refractivity contribution is 9.09. The molecule has 0 fully saturated rings. The quantitative estimate of drug-likeness (QED) is 0.654. The van der Waals surface area contributed by atoms with Crippen LogP contribution in [0.15, 0.2) is 12.3 Å². The maximum absolute atomic E-state index is 11.4. The summed E-state index contributed by atoms with van der Waals surface area (Å²) in [6.45, 7) is 0. The van der Waals surface area contributed by atoms with Crippen LogP contribution in [0.5, 0.6) is 0 Å². The summed E-state index contributed by atoms with van der Waals surface area (Å²) >= 11 is 3.10. The van der Waals surface area contributed by atoms with Crippen molar-refractivity contribution in [3.8, 4) is 0 Å². The highest BCUT2D eigenvalue weighted by atomic mass is 79.9. The fraction of sp³-hybridized carbons (Fsp3) is 0.300. The van der Waals surface area contributed by atoms with Gasteiger partial charge in [0.05, 0.1) is 17.2 Å². The largest absolute Gasteiger partial charge is 0.324 e. The van der Waals surface area contributed by atoms with Crippen LogP contribution in [-0.4, -0.2) is 22.0 Å². The molecule has 1 aromatic rings. The zero-order valence-corrected chi connectivity index (χ0v) is 9.50. The van der Waals surface area contributed by atoms with Gasteiger partial charge in [-0.05, 0) is 18.1 Å². The lowest BCUT2D eigenvalue weighted by Crippen LogP contribution is -2.20. The van der Waals surface area contributed by atoms with Crippen LogP contribution in [0.4, 0.5) is 5.69 Å². The third kappa shape index (κ3) is 2.07. The van der Waals surface area contributed by atoms with Crippen LogP contribution < -0.4 is 5.32 Å². The van der Waals surface area contributed by atoms with Crippen molar-refractivity contribution < 1.29 is 9.59 Å². The minimum absolute atomic E-state index is 0.00358. The lowest BCUT2D eigenvalue weighted by Gasteiger charge is -2.16. The molecule has 0 radical (unpaired) electrons. The second-order valence-corrected chi connectivity index (χ2v) is 3.89. The average molecular weight is 269 g/mol. The minimum atomic E-state index is -0.0466. The Morgan fingerprint density at radius 1 is 1.53 bits per heavy atom. The Morgan fingerprint density at radius 2 is 2.33 bits per heavy atom. The monoisotopic (exact) mass is 268 g/mol. The molecule has 78 valence electrons. The van der Waals surface area contributed by atoms with E-state index in [1.54, 1.807) is 12.3 Å². The van der Waals surface area contributed by atoms with Gasteiger partial charge in [0, 0.05) is 6.42 Å². The van der Waals surface area contributed by atoms with Crippen molar-refractivity contribution in [3.63, 3.8) is 0 Å². The number of ketones is 1. The number of aryl methyl sites for hydroxylation is 1. The molecule has 2 heterocycles. The first-order valence-electron chi connectivity index (χ1n) is 4.58. The highest BCUT2D eigenvalue weighted by Crippen LogP contribution is 2.22. The number of halogens is 1. The number of pyridine rings is 1. The molecule has 15 heavy (non-hydrogen) atoms. The van der Waals surface area contributed by atoms with E-state index in [0.717, 1.165) is 11.3 Å². The molecule has 0 aromatic carbocycles. The molecule has 2 rings (SSSR count). The van der Waals surface area contributed by atoms with Crippen LogP contribution in [0.1, 0.15) is 22.5 Å². The molecule has 0 spiro atoms. The Bertz CT molecular complexity index is 431. The SMILES string of the molecule is O=C1CCc2cc(C(=O)CBr)ncc2N1. The summed E-state index contributed by atoms with van der Waals surface area (Å²) in [4.78, 5) is 26.5. The van der Waals surface area contributed by atoms with Gasteiger partial charge >= 0.3 is 0 Å². The van der Waals surface area contributed by atoms with Crippen LogP contribution in [0.3, 0.4) is 0 Å². The first-order valence-corrected chi connectivity index (χ1v) is 5.71. The van der Waals surface area contributed by atoms with E-state index in [1.165, 1.54) is 0 Å². The number of hydrogen-bond acceptors (Lipinski definition) is 3. The fourth-order valence-electron chi connectivity index (χ4n) is 1.50. The average Bonchev–Trinajstić information content (AvgIpc) is 2.27. The van der Waals surface area contributed by atoms with E-state index in [-0.39, 0.29) is 17.0 Å². The van der Waals surface area contributed by atoms with Gasteiger partial charge in [0.1, 0.15) is 5.69 Å². The molecular formula is C10H9BrN2O2. The predicted molar refractivity (Wildman–Crippen MR) is 59.3 cm³/mol. The van der Waals surface area contributed by atoms with Crippen LogP contribution in [0, 0.1) is 0 Å². The van der Waals surface area contributed by atoms with Crippen LogP contribution in [0.25, 0.3) is 0 Å². The van der Waals surface area contributed by atoms with E-state index in [1.807, 2.05) is 0 Å². The maximum Gasteiger partial charge on any atom is 0.224 e. The van der Waals surface area contributed by atoms with Crippen molar-refractivity contribution in [2.75, 3.05) is 10.6 Å². The Hall–Kier alpha value is -1.23. The van der Waals surface area contributed by atoms with Gasteiger partial charge < -0.3 is 5.32 Å². The molecule has 0 saturated carbocycles. The number of carbonyl (C=O) groups is 2. The molecule has 0 unspecified atom stereocenters. The van der Waals surface area contributed by atoms with Crippen molar-refractivity contribution in [2.24, 2.45) is 0 Å². The van der Waals surface area contributed by atoms with Gasteiger partial charge in [-0.1, -0.05) is 15.9 Å². The number of rotatable bonds is 2.